The van der Waals surface area contributed by atoms with Gasteiger partial charge in [0.05, 0.1) is 5.56 Å². The van der Waals surface area contributed by atoms with E-state index in [-0.39, 0.29) is 24.3 Å². The lowest BCUT2D eigenvalue weighted by Crippen LogP contribution is -2.47. The van der Waals surface area contributed by atoms with Crippen molar-refractivity contribution in [2.45, 2.75) is 121 Å². The molecule has 0 bridgehead atoms. The van der Waals surface area contributed by atoms with Gasteiger partial charge in [0.25, 0.3) is 0 Å². The fourth-order valence-corrected chi connectivity index (χ4v) is 7.49. The topological polar surface area (TPSA) is 40.5 Å². The smallest absolute Gasteiger partial charge is 0.416 e. The van der Waals surface area contributed by atoms with Gasteiger partial charge in [0.15, 0.2) is 0 Å². The predicted molar refractivity (Wildman–Crippen MR) is 142 cm³/mol. The molecule has 1 aromatic carbocycles. The van der Waals surface area contributed by atoms with Crippen molar-refractivity contribution in [2.75, 3.05) is 13.1 Å². The maximum absolute atomic E-state index is 13.3. The number of benzene rings is 1. The molecule has 3 unspecified atom stereocenters. The highest BCUT2D eigenvalue weighted by molar-refractivity contribution is 5.67. The van der Waals surface area contributed by atoms with Gasteiger partial charge in [-0.25, -0.2) is 0 Å². The molecule has 3 fully saturated rings. The van der Waals surface area contributed by atoms with Gasteiger partial charge in [0.1, 0.15) is 0 Å². The van der Waals surface area contributed by atoms with Crippen LogP contribution in [0.25, 0.3) is 0 Å². The van der Waals surface area contributed by atoms with Crippen molar-refractivity contribution in [1.29, 1.82) is 0 Å². The summed E-state index contributed by atoms with van der Waals surface area (Å²) in [6.07, 6.45) is 14.0. The number of alkyl halides is 3. The second-order valence-electron chi connectivity index (χ2n) is 12.2. The molecule has 1 N–H and O–H groups in total. The highest BCUT2D eigenvalue weighted by Crippen LogP contribution is 2.43. The Labute approximate surface area is 221 Å². The minimum absolute atomic E-state index is 0.0805. The van der Waals surface area contributed by atoms with Gasteiger partial charge in [0, 0.05) is 25.6 Å². The summed E-state index contributed by atoms with van der Waals surface area (Å²) in [4.78, 5) is 14.3. The van der Waals surface area contributed by atoms with E-state index in [0.717, 1.165) is 37.9 Å². The van der Waals surface area contributed by atoms with Gasteiger partial charge >= 0.3 is 12.1 Å². The van der Waals surface area contributed by atoms with E-state index in [0.29, 0.717) is 11.8 Å². The van der Waals surface area contributed by atoms with Gasteiger partial charge in [0.2, 0.25) is 0 Å². The van der Waals surface area contributed by atoms with E-state index in [2.05, 4.69) is 4.90 Å². The third-order valence-electron chi connectivity index (χ3n) is 9.46. The van der Waals surface area contributed by atoms with Crippen LogP contribution in [-0.4, -0.2) is 35.1 Å². The molecule has 0 saturated heterocycles. The lowest BCUT2D eigenvalue weighted by molar-refractivity contribution is -0.139. The van der Waals surface area contributed by atoms with E-state index in [1.165, 1.54) is 89.2 Å². The summed E-state index contributed by atoms with van der Waals surface area (Å²) in [5.74, 6) is 0.774. The van der Waals surface area contributed by atoms with Crippen LogP contribution >= 0.6 is 0 Å². The van der Waals surface area contributed by atoms with Crippen molar-refractivity contribution in [1.82, 2.24) is 4.90 Å². The van der Waals surface area contributed by atoms with E-state index in [4.69, 9.17) is 0 Å². The molecular formula is C31H46F3NO2. The molecule has 37 heavy (non-hydrogen) atoms. The van der Waals surface area contributed by atoms with Crippen LogP contribution < -0.4 is 0 Å². The van der Waals surface area contributed by atoms with Crippen LogP contribution in [0.1, 0.15) is 120 Å². The molecular weight excluding hydrogens is 475 g/mol. The number of carbonyl (C=O) groups is 1. The van der Waals surface area contributed by atoms with Gasteiger partial charge in [-0.2, -0.15) is 13.2 Å². The second kappa shape index (κ2) is 13.5. The van der Waals surface area contributed by atoms with Gasteiger partial charge in [-0.3, -0.25) is 9.69 Å². The molecule has 0 aliphatic heterocycles. The van der Waals surface area contributed by atoms with Gasteiger partial charge in [-0.05, 0) is 86.3 Å². The Balaban J connectivity index is 1.60. The Morgan fingerprint density at radius 2 is 1.27 bits per heavy atom. The maximum Gasteiger partial charge on any atom is 0.416 e. The first-order valence-electron chi connectivity index (χ1n) is 14.9. The first-order valence-corrected chi connectivity index (χ1v) is 14.9. The molecule has 208 valence electrons. The zero-order valence-corrected chi connectivity index (χ0v) is 22.4. The Hall–Kier alpha value is -1.56. The molecule has 3 aliphatic rings. The van der Waals surface area contributed by atoms with Crippen molar-refractivity contribution in [3.63, 3.8) is 0 Å². The number of carboxylic acids is 1. The molecule has 1 aromatic rings. The molecule has 4 rings (SSSR count). The molecule has 0 aromatic heterocycles. The van der Waals surface area contributed by atoms with E-state index < -0.39 is 17.7 Å². The first kappa shape index (κ1) is 28.4. The van der Waals surface area contributed by atoms with Crippen molar-refractivity contribution in [2.24, 2.45) is 17.8 Å². The van der Waals surface area contributed by atoms with Crippen molar-refractivity contribution < 1.29 is 23.1 Å². The Kier molecular flexibility index (Phi) is 10.4. The number of hydrogen-bond donors (Lipinski definition) is 1. The lowest BCUT2D eigenvalue weighted by atomic mass is 9.72. The maximum atomic E-state index is 13.3. The zero-order chi connectivity index (χ0) is 26.3. The fraction of sp³-hybridized carbons (Fsp3) is 0.774. The van der Waals surface area contributed by atoms with Crippen LogP contribution in [0.3, 0.4) is 0 Å². The van der Waals surface area contributed by atoms with Crippen LogP contribution in [0.2, 0.25) is 0 Å². The van der Waals surface area contributed by atoms with E-state index in [9.17, 15) is 23.1 Å². The fourth-order valence-electron chi connectivity index (χ4n) is 7.49. The predicted octanol–water partition coefficient (Wildman–Crippen LogP) is 8.68. The first-order chi connectivity index (χ1) is 17.8. The van der Waals surface area contributed by atoms with Crippen LogP contribution in [0.5, 0.6) is 0 Å². The summed E-state index contributed by atoms with van der Waals surface area (Å²) in [6, 6.07) is 6.04. The summed E-state index contributed by atoms with van der Waals surface area (Å²) in [5, 5.41) is 9.47. The van der Waals surface area contributed by atoms with Crippen molar-refractivity contribution in [3.05, 3.63) is 35.4 Å². The van der Waals surface area contributed by atoms with Gasteiger partial charge < -0.3 is 5.11 Å². The standard InChI is InChI=1S/C31H46F3NO2/c32-31(33,34)27-16-14-26(15-17-27)28-19-25(20-30(36)37)13-18-29(28)35(21-23-9-5-1-2-6-10-23)22-24-11-7-3-4-8-12-24/h14-17,23-25,28-29H,1-13,18-22H2,(H,36,37). The molecule has 0 spiro atoms. The number of aliphatic carboxylic acids is 1. The van der Waals surface area contributed by atoms with Gasteiger partial charge in [-0.1, -0.05) is 63.5 Å². The molecule has 3 atom stereocenters. The summed E-state index contributed by atoms with van der Waals surface area (Å²) in [6.45, 7) is 2.17. The summed E-state index contributed by atoms with van der Waals surface area (Å²) in [5.41, 5.74) is 0.333. The van der Waals surface area contributed by atoms with E-state index in [1.807, 2.05) is 0 Å². The summed E-state index contributed by atoms with van der Waals surface area (Å²) < 4.78 is 39.9. The quantitative estimate of drug-likeness (QED) is 0.348. The van der Waals surface area contributed by atoms with Crippen LogP contribution in [0.4, 0.5) is 13.2 Å². The number of nitrogens with zero attached hydrogens (tertiary/aromatic N) is 1. The SMILES string of the molecule is O=C(O)CC1CCC(N(CC2CCCCCC2)CC2CCCCCC2)C(c2ccc(C(F)(F)F)cc2)C1. The second-order valence-corrected chi connectivity index (χ2v) is 12.2. The molecule has 3 nitrogen and oxygen atoms in total. The molecule has 0 heterocycles. The average Bonchev–Trinajstić information content (AvgIpc) is 3.28. The highest BCUT2D eigenvalue weighted by atomic mass is 19.4. The highest BCUT2D eigenvalue weighted by Gasteiger charge is 2.38. The van der Waals surface area contributed by atoms with Crippen LogP contribution in [0.15, 0.2) is 24.3 Å². The molecule has 6 heteroatoms. The molecule has 0 amide bonds. The summed E-state index contributed by atoms with van der Waals surface area (Å²) in [7, 11) is 0. The van der Waals surface area contributed by atoms with Gasteiger partial charge in [-0.15, -0.1) is 0 Å². The third kappa shape index (κ3) is 8.46. The average molecular weight is 522 g/mol. The third-order valence-corrected chi connectivity index (χ3v) is 9.46. The van der Waals surface area contributed by atoms with E-state index in [1.54, 1.807) is 12.1 Å². The number of hydrogen-bond acceptors (Lipinski definition) is 2. The number of carboxylic acid groups (broad SMARTS) is 1. The minimum Gasteiger partial charge on any atom is -0.481 e. The lowest BCUT2D eigenvalue weighted by Gasteiger charge is -2.45. The zero-order valence-electron chi connectivity index (χ0n) is 22.4. The molecule has 0 radical (unpaired) electrons. The number of rotatable bonds is 8. The van der Waals surface area contributed by atoms with Crippen LogP contribution in [-0.2, 0) is 11.0 Å². The Bertz CT molecular complexity index is 802. The minimum atomic E-state index is -4.35. The molecule has 3 aliphatic carbocycles. The number of halogens is 3. The van der Waals surface area contributed by atoms with E-state index >= 15 is 0 Å². The monoisotopic (exact) mass is 521 g/mol. The Morgan fingerprint density at radius 3 is 1.73 bits per heavy atom. The summed E-state index contributed by atoms with van der Waals surface area (Å²) >= 11 is 0. The van der Waals surface area contributed by atoms with Crippen molar-refractivity contribution in [3.8, 4) is 0 Å². The Morgan fingerprint density at radius 1 is 0.757 bits per heavy atom. The van der Waals surface area contributed by atoms with Crippen molar-refractivity contribution >= 4 is 5.97 Å². The van der Waals surface area contributed by atoms with Crippen LogP contribution in [0, 0.1) is 17.8 Å². The molecule has 3 saturated carbocycles. The largest absolute Gasteiger partial charge is 0.481 e. The normalized spacial score (nSPS) is 27.1.